The zero-order valence-electron chi connectivity index (χ0n) is 11.7. The maximum atomic E-state index is 4.62. The van der Waals surface area contributed by atoms with Crippen molar-refractivity contribution in [1.82, 2.24) is 13.6 Å². The van der Waals surface area contributed by atoms with Gasteiger partial charge in [0.05, 0.1) is 17.4 Å². The SMILES string of the molecule is CCCCCCSc1nsnc1[C@H]1CN2CC[C@H]1C2. The molecule has 0 amide bonds. The summed E-state index contributed by atoms with van der Waals surface area (Å²) in [6, 6.07) is 0. The standard InChI is InChI=1S/C14H23N3S2/c1-2-3-4-5-8-18-14-13(15-19-16-14)12-10-17-7-6-11(12)9-17/h11-12H,2-10H2,1H3/t11-,12-/m0/s1. The third-order valence-corrected chi connectivity index (χ3v) is 6.13. The van der Waals surface area contributed by atoms with E-state index in [4.69, 9.17) is 0 Å². The summed E-state index contributed by atoms with van der Waals surface area (Å²) in [5.74, 6) is 2.73. The number of fused-ring (bicyclic) bond motifs is 2. The van der Waals surface area contributed by atoms with Gasteiger partial charge in [0.1, 0.15) is 5.03 Å². The second-order valence-corrected chi connectivity index (χ2v) is 7.39. The molecule has 0 saturated carbocycles. The predicted molar refractivity (Wildman–Crippen MR) is 82.1 cm³/mol. The first-order valence-corrected chi connectivity index (χ1v) is 9.27. The van der Waals surface area contributed by atoms with Gasteiger partial charge < -0.3 is 4.90 Å². The van der Waals surface area contributed by atoms with E-state index in [1.807, 2.05) is 11.8 Å². The molecule has 106 valence electrons. The summed E-state index contributed by atoms with van der Waals surface area (Å²) in [6.45, 7) is 6.08. The molecule has 2 fully saturated rings. The first-order chi connectivity index (χ1) is 9.38. The van der Waals surface area contributed by atoms with Crippen molar-refractivity contribution in [3.63, 3.8) is 0 Å². The largest absolute Gasteiger partial charge is 0.302 e. The van der Waals surface area contributed by atoms with Gasteiger partial charge in [0.15, 0.2) is 0 Å². The van der Waals surface area contributed by atoms with Gasteiger partial charge in [-0.1, -0.05) is 26.2 Å². The van der Waals surface area contributed by atoms with Gasteiger partial charge >= 0.3 is 0 Å². The lowest BCUT2D eigenvalue weighted by atomic mass is 9.90. The molecule has 3 atom stereocenters. The highest BCUT2D eigenvalue weighted by atomic mass is 32.2. The number of piperidine rings is 1. The highest BCUT2D eigenvalue weighted by Crippen LogP contribution is 2.42. The Kier molecular flexibility index (Phi) is 4.77. The van der Waals surface area contributed by atoms with E-state index < -0.39 is 0 Å². The Morgan fingerprint density at radius 2 is 2.21 bits per heavy atom. The molecule has 1 aromatic rings. The van der Waals surface area contributed by atoms with Crippen molar-refractivity contribution in [2.75, 3.05) is 25.4 Å². The van der Waals surface area contributed by atoms with Gasteiger partial charge in [-0.15, -0.1) is 11.8 Å². The molecule has 3 heterocycles. The number of thioether (sulfide) groups is 1. The maximum Gasteiger partial charge on any atom is 0.134 e. The molecule has 0 radical (unpaired) electrons. The quantitative estimate of drug-likeness (QED) is 0.568. The van der Waals surface area contributed by atoms with Gasteiger partial charge in [0.25, 0.3) is 0 Å². The average molecular weight is 297 g/mol. The van der Waals surface area contributed by atoms with Gasteiger partial charge in [-0.25, -0.2) is 0 Å². The number of hydrogen-bond acceptors (Lipinski definition) is 5. The van der Waals surface area contributed by atoms with Crippen LogP contribution in [0.25, 0.3) is 0 Å². The molecule has 0 aromatic carbocycles. The molecule has 5 heteroatoms. The van der Waals surface area contributed by atoms with Crippen LogP contribution in [0.1, 0.15) is 50.6 Å². The Morgan fingerprint density at radius 1 is 1.26 bits per heavy atom. The molecule has 2 aliphatic rings. The molecular formula is C14H23N3S2. The van der Waals surface area contributed by atoms with Crippen molar-refractivity contribution >= 4 is 23.5 Å². The van der Waals surface area contributed by atoms with Crippen LogP contribution in [0.15, 0.2) is 5.03 Å². The Morgan fingerprint density at radius 3 is 2.95 bits per heavy atom. The number of unbranched alkanes of at least 4 members (excludes halogenated alkanes) is 3. The van der Waals surface area contributed by atoms with Crippen LogP contribution in [0.5, 0.6) is 0 Å². The summed E-state index contributed by atoms with van der Waals surface area (Å²) in [5, 5.41) is 1.24. The van der Waals surface area contributed by atoms with Crippen LogP contribution in [0.4, 0.5) is 0 Å². The summed E-state index contributed by atoms with van der Waals surface area (Å²) in [6.07, 6.45) is 6.71. The van der Waals surface area contributed by atoms with Crippen molar-refractivity contribution in [3.05, 3.63) is 5.69 Å². The summed E-state index contributed by atoms with van der Waals surface area (Å²) in [4.78, 5) is 2.59. The average Bonchev–Trinajstić information content (AvgIpc) is 3.14. The smallest absolute Gasteiger partial charge is 0.134 e. The second-order valence-electron chi connectivity index (χ2n) is 5.78. The van der Waals surface area contributed by atoms with E-state index in [0.717, 1.165) is 5.92 Å². The number of aromatic nitrogens is 2. The Balaban J connectivity index is 1.54. The lowest BCUT2D eigenvalue weighted by Gasteiger charge is -2.20. The molecular weight excluding hydrogens is 274 g/mol. The van der Waals surface area contributed by atoms with Crippen LogP contribution in [-0.4, -0.2) is 39.0 Å². The molecule has 1 aromatic heterocycles. The van der Waals surface area contributed by atoms with E-state index in [9.17, 15) is 0 Å². The van der Waals surface area contributed by atoms with E-state index in [1.54, 1.807) is 0 Å². The fourth-order valence-electron chi connectivity index (χ4n) is 3.31. The highest BCUT2D eigenvalue weighted by Gasteiger charge is 2.41. The van der Waals surface area contributed by atoms with Crippen LogP contribution in [0, 0.1) is 5.92 Å². The summed E-state index contributed by atoms with van der Waals surface area (Å²) in [7, 11) is 0. The molecule has 0 spiro atoms. The Hall–Kier alpha value is -0.130. The molecule has 2 saturated heterocycles. The van der Waals surface area contributed by atoms with Gasteiger partial charge in [0.2, 0.25) is 0 Å². The van der Waals surface area contributed by atoms with Gasteiger partial charge in [0, 0.05) is 19.0 Å². The summed E-state index contributed by atoms with van der Waals surface area (Å²) < 4.78 is 9.15. The van der Waals surface area contributed by atoms with Crippen molar-refractivity contribution in [1.29, 1.82) is 0 Å². The molecule has 0 N–H and O–H groups in total. The van der Waals surface area contributed by atoms with E-state index >= 15 is 0 Å². The fraction of sp³-hybridized carbons (Fsp3) is 0.857. The molecule has 3 rings (SSSR count). The highest BCUT2D eigenvalue weighted by molar-refractivity contribution is 7.99. The monoisotopic (exact) mass is 297 g/mol. The first-order valence-electron chi connectivity index (χ1n) is 7.56. The van der Waals surface area contributed by atoms with Crippen molar-refractivity contribution in [2.24, 2.45) is 5.92 Å². The minimum atomic E-state index is 0.672. The maximum absolute atomic E-state index is 4.62. The predicted octanol–water partition coefficient (Wildman–Crippen LogP) is 3.63. The third-order valence-electron chi connectivity index (χ3n) is 4.40. The first kappa shape index (κ1) is 13.8. The van der Waals surface area contributed by atoms with Crippen LogP contribution in [0.3, 0.4) is 0 Å². The van der Waals surface area contributed by atoms with Gasteiger partial charge in [-0.3, -0.25) is 0 Å². The van der Waals surface area contributed by atoms with Crippen molar-refractivity contribution in [2.45, 2.75) is 50.0 Å². The van der Waals surface area contributed by atoms with Crippen LogP contribution in [0.2, 0.25) is 0 Å². The van der Waals surface area contributed by atoms with E-state index in [1.165, 1.54) is 79.9 Å². The molecule has 1 unspecified atom stereocenters. The third kappa shape index (κ3) is 3.14. The topological polar surface area (TPSA) is 29.0 Å². The second kappa shape index (κ2) is 6.55. The van der Waals surface area contributed by atoms with E-state index in [-0.39, 0.29) is 0 Å². The van der Waals surface area contributed by atoms with Crippen LogP contribution >= 0.6 is 23.5 Å². The summed E-state index contributed by atoms with van der Waals surface area (Å²) >= 11 is 3.35. The van der Waals surface area contributed by atoms with Crippen molar-refractivity contribution in [3.8, 4) is 0 Å². The van der Waals surface area contributed by atoms with Gasteiger partial charge in [-0.2, -0.15) is 8.75 Å². The normalized spacial score (nSPS) is 29.2. The molecule has 3 nitrogen and oxygen atoms in total. The fourth-order valence-corrected chi connectivity index (χ4v) is 5.08. The van der Waals surface area contributed by atoms with Crippen LogP contribution < -0.4 is 0 Å². The summed E-state index contributed by atoms with van der Waals surface area (Å²) in [5.41, 5.74) is 1.32. The van der Waals surface area contributed by atoms with E-state index in [0.29, 0.717) is 5.92 Å². The minimum absolute atomic E-state index is 0.672. The molecule has 2 aliphatic heterocycles. The molecule has 19 heavy (non-hydrogen) atoms. The molecule has 0 aliphatic carbocycles. The molecule has 2 bridgehead atoms. The number of nitrogens with zero attached hydrogens (tertiary/aromatic N) is 3. The number of hydrogen-bond donors (Lipinski definition) is 0. The lowest BCUT2D eigenvalue weighted by Crippen LogP contribution is -2.22. The minimum Gasteiger partial charge on any atom is -0.302 e. The Labute approximate surface area is 124 Å². The van der Waals surface area contributed by atoms with Crippen LogP contribution in [-0.2, 0) is 0 Å². The number of rotatable bonds is 7. The zero-order valence-corrected chi connectivity index (χ0v) is 13.3. The van der Waals surface area contributed by atoms with Crippen molar-refractivity contribution < 1.29 is 0 Å². The Bertz CT molecular complexity index is 407. The lowest BCUT2D eigenvalue weighted by molar-refractivity contribution is 0.342. The van der Waals surface area contributed by atoms with E-state index in [2.05, 4.69) is 20.6 Å². The van der Waals surface area contributed by atoms with Gasteiger partial charge in [-0.05, 0) is 31.1 Å². The zero-order chi connectivity index (χ0) is 13.1.